The molecule has 0 spiro atoms. The van der Waals surface area contributed by atoms with Crippen LogP contribution in [-0.4, -0.2) is 65.5 Å². The molecule has 11 nitrogen and oxygen atoms in total. The monoisotopic (exact) mass is 821 g/mol. The van der Waals surface area contributed by atoms with Gasteiger partial charge in [-0.25, -0.2) is 13.8 Å². The minimum absolute atomic E-state index is 0.0864. The normalized spacial score (nSPS) is 17.0. The lowest BCUT2D eigenvalue weighted by Gasteiger charge is -2.23. The lowest BCUT2D eigenvalue weighted by Crippen LogP contribution is -2.35. The molecule has 3 N–H and O–H groups in total. The van der Waals surface area contributed by atoms with E-state index in [9.17, 15) is 40.6 Å². The van der Waals surface area contributed by atoms with E-state index < -0.39 is 59.2 Å². The number of benzene rings is 2. The Kier molecular flexibility index (Phi) is 10.2. The number of fused-ring (bicyclic) bond motifs is 2. The fraction of sp³-hybridized carbons (Fsp3) is 0.361. The van der Waals surface area contributed by atoms with Crippen LogP contribution in [0.3, 0.4) is 0 Å². The number of nitrogens with one attached hydrogen (secondary N) is 2. The topological polar surface area (TPSA) is 126 Å². The zero-order valence-electron chi connectivity index (χ0n) is 30.2. The second-order valence-electron chi connectivity index (χ2n) is 13.9. The predicted molar refractivity (Wildman–Crippen MR) is 199 cm³/mol. The molecule has 6 aromatic rings. The van der Waals surface area contributed by atoms with Gasteiger partial charge in [0.2, 0.25) is 5.91 Å². The van der Waals surface area contributed by atoms with Crippen LogP contribution in [0.5, 0.6) is 0 Å². The molecule has 0 saturated carbocycles. The van der Waals surface area contributed by atoms with Gasteiger partial charge < -0.3 is 20.0 Å². The number of rotatable bonds is 11. The summed E-state index contributed by atoms with van der Waals surface area (Å²) in [5, 5.41) is 22.6. The van der Waals surface area contributed by atoms with Crippen molar-refractivity contribution in [3.8, 4) is 11.1 Å². The van der Waals surface area contributed by atoms with E-state index in [1.165, 1.54) is 23.3 Å². The Labute approximate surface area is 323 Å². The highest BCUT2D eigenvalue weighted by molar-refractivity contribution is 7.99. The van der Waals surface area contributed by atoms with Gasteiger partial charge in [0.15, 0.2) is 22.3 Å². The molecule has 0 bridgehead atoms. The van der Waals surface area contributed by atoms with Gasteiger partial charge in [-0.05, 0) is 55.7 Å². The second kappa shape index (κ2) is 14.5. The molecule has 5 heterocycles. The van der Waals surface area contributed by atoms with Crippen LogP contribution in [0.2, 0.25) is 0 Å². The van der Waals surface area contributed by atoms with E-state index >= 15 is 0 Å². The third-order valence-electron chi connectivity index (χ3n) is 9.32. The van der Waals surface area contributed by atoms with Crippen LogP contribution in [0.4, 0.5) is 41.7 Å². The van der Waals surface area contributed by atoms with Gasteiger partial charge >= 0.3 is 6.18 Å². The molecule has 2 aromatic carbocycles. The van der Waals surface area contributed by atoms with Gasteiger partial charge in [0, 0.05) is 55.9 Å². The molecular formula is C36H34F7N9O2S2. The Morgan fingerprint density at radius 3 is 2.43 bits per heavy atom. The summed E-state index contributed by atoms with van der Waals surface area (Å²) in [6, 6.07) is 8.97. The number of hydrogen-bond donors (Lipinski definition) is 3. The largest absolute Gasteiger partial charge is 0.435 e. The highest BCUT2D eigenvalue weighted by Crippen LogP contribution is 2.41. The van der Waals surface area contributed by atoms with Crippen LogP contribution in [-0.2, 0) is 36.9 Å². The number of nitrogens with zero attached hydrogens (tertiary/aromatic N) is 7. The minimum Gasteiger partial charge on any atom is -0.388 e. The van der Waals surface area contributed by atoms with Crippen LogP contribution in [0.25, 0.3) is 32.4 Å². The number of pyridine rings is 1. The number of hydrogen-bond acceptors (Lipinski definition) is 10. The number of carbonyl (C=O) groups excluding carboxylic acids is 1. The Balaban J connectivity index is 1.40. The average Bonchev–Trinajstić information content (AvgIpc) is 3.87. The molecule has 2 unspecified atom stereocenters. The molecule has 7 rings (SSSR count). The highest BCUT2D eigenvalue weighted by Gasteiger charge is 2.40. The first kappa shape index (κ1) is 39.3. The summed E-state index contributed by atoms with van der Waals surface area (Å²) in [7, 11) is 1.74. The minimum atomic E-state index is -5.07. The average molecular weight is 822 g/mol. The van der Waals surface area contributed by atoms with E-state index in [-0.39, 0.29) is 34.1 Å². The molecule has 1 amide bonds. The zero-order chi connectivity index (χ0) is 40.3. The first-order chi connectivity index (χ1) is 26.3. The molecule has 0 radical (unpaired) electrons. The van der Waals surface area contributed by atoms with Crippen molar-refractivity contribution in [3.63, 3.8) is 0 Å². The molecule has 0 aliphatic carbocycles. The van der Waals surface area contributed by atoms with Gasteiger partial charge in [-0.15, -0.1) is 0 Å². The van der Waals surface area contributed by atoms with Gasteiger partial charge in [0.25, 0.3) is 5.92 Å². The van der Waals surface area contributed by atoms with E-state index in [1.54, 1.807) is 36.9 Å². The van der Waals surface area contributed by atoms with Crippen molar-refractivity contribution in [2.45, 2.75) is 57.0 Å². The second-order valence-corrected chi connectivity index (χ2v) is 15.6. The van der Waals surface area contributed by atoms with E-state index in [0.29, 0.717) is 64.8 Å². The van der Waals surface area contributed by atoms with Crippen molar-refractivity contribution in [2.75, 3.05) is 29.0 Å². The third-order valence-corrected chi connectivity index (χ3v) is 10.8. The summed E-state index contributed by atoms with van der Waals surface area (Å²) in [5.41, 5.74) is -1.50. The molecular weight excluding hydrogens is 788 g/mol. The van der Waals surface area contributed by atoms with E-state index in [4.69, 9.17) is 9.97 Å². The number of thiazole rings is 1. The van der Waals surface area contributed by atoms with Crippen molar-refractivity contribution >= 4 is 61.4 Å². The number of halogens is 7. The number of anilines is 2. The Morgan fingerprint density at radius 2 is 1.79 bits per heavy atom. The standard InChI is InChI=1S/C36H34F7N9O2S2/c1-34(54)8-9-51(17-34)33-46-32-25(56-33)14-23(21-6-5-7-22-30(21)50(3)48-31(22)49-55-4)29(45-32)24(12-18-10-19(37)13-20(38)11-18)44-28(53)16-52-27(35(2,39)40)15-26(47-52)36(41,42)43/h5-7,10-11,13-15,24,54H,8-9,12,16-17H2,1-4H3,(H,44,53)(H,48,49). The quantitative estimate of drug-likeness (QED) is 0.0896. The van der Waals surface area contributed by atoms with Crippen LogP contribution in [0, 0.1) is 11.6 Å². The highest BCUT2D eigenvalue weighted by atomic mass is 32.2. The fourth-order valence-corrected chi connectivity index (χ4v) is 8.22. The Morgan fingerprint density at radius 1 is 1.05 bits per heavy atom. The number of aryl methyl sites for hydroxylation is 1. The summed E-state index contributed by atoms with van der Waals surface area (Å²) in [6.45, 7) is 1.90. The summed E-state index contributed by atoms with van der Waals surface area (Å²) in [6.07, 6.45) is -3.02. The van der Waals surface area contributed by atoms with Gasteiger partial charge in [-0.1, -0.05) is 35.4 Å². The summed E-state index contributed by atoms with van der Waals surface area (Å²) in [5.74, 6) is -6.08. The number of alkyl halides is 5. The van der Waals surface area contributed by atoms with Crippen molar-refractivity contribution < 1.29 is 40.6 Å². The smallest absolute Gasteiger partial charge is 0.388 e. The van der Waals surface area contributed by atoms with E-state index in [2.05, 4.69) is 20.2 Å². The molecule has 56 heavy (non-hydrogen) atoms. The zero-order valence-corrected chi connectivity index (χ0v) is 31.8. The van der Waals surface area contributed by atoms with Crippen LogP contribution in [0.15, 0.2) is 48.5 Å². The third kappa shape index (κ3) is 7.99. The van der Waals surface area contributed by atoms with Crippen LogP contribution in [0.1, 0.15) is 49.0 Å². The number of amides is 1. The lowest BCUT2D eigenvalue weighted by atomic mass is 9.94. The number of aliphatic hydroxyl groups is 1. The number of β-amino-alcohol motifs (C(OH)–C–C–N with tert-alkyl or cyclic N) is 1. The molecule has 1 fully saturated rings. The number of carbonyl (C=O) groups is 1. The maximum Gasteiger partial charge on any atom is 0.435 e. The Bertz CT molecular complexity index is 2440. The number of aromatic nitrogens is 6. The summed E-state index contributed by atoms with van der Waals surface area (Å²) < 4.78 is 105. The van der Waals surface area contributed by atoms with Crippen molar-refractivity contribution in [2.24, 2.45) is 7.05 Å². The van der Waals surface area contributed by atoms with E-state index in [1.807, 2.05) is 17.2 Å². The summed E-state index contributed by atoms with van der Waals surface area (Å²) >= 11 is 2.65. The first-order valence-electron chi connectivity index (χ1n) is 17.1. The molecule has 296 valence electrons. The van der Waals surface area contributed by atoms with Gasteiger partial charge in [0.05, 0.1) is 27.6 Å². The predicted octanol–water partition coefficient (Wildman–Crippen LogP) is 7.60. The van der Waals surface area contributed by atoms with Gasteiger partial charge in [0.1, 0.15) is 23.9 Å². The maximum absolute atomic E-state index is 14.6. The molecule has 2 atom stereocenters. The maximum atomic E-state index is 14.6. The first-order valence-corrected chi connectivity index (χ1v) is 19.2. The fourth-order valence-electron chi connectivity index (χ4n) is 6.90. The molecule has 1 aliphatic heterocycles. The molecule has 20 heteroatoms. The number of para-hydroxylation sites is 1. The molecule has 1 saturated heterocycles. The van der Waals surface area contributed by atoms with E-state index in [0.717, 1.165) is 17.5 Å². The van der Waals surface area contributed by atoms with Gasteiger partial charge in [-0.2, -0.15) is 37.1 Å². The SMILES string of the molecule is CSNc1nn(C)c2c(-c3cc4sc(N5CCC(C)(O)C5)nc4nc3C(Cc3cc(F)cc(F)c3)NC(=O)Cn3nc(C(F)(F)F)cc3C(C)(F)F)cccc12. The van der Waals surface area contributed by atoms with Crippen LogP contribution >= 0.6 is 23.3 Å². The molecule has 1 aliphatic rings. The van der Waals surface area contributed by atoms with Crippen LogP contribution < -0.4 is 14.9 Å². The lowest BCUT2D eigenvalue weighted by molar-refractivity contribution is -0.141. The van der Waals surface area contributed by atoms with Crippen molar-refractivity contribution in [1.82, 2.24) is 34.8 Å². The van der Waals surface area contributed by atoms with Gasteiger partial charge in [-0.3, -0.25) is 14.2 Å². The Hall–Kier alpha value is -4.95. The molecule has 4 aromatic heterocycles. The van der Waals surface area contributed by atoms with Crippen molar-refractivity contribution in [1.29, 1.82) is 0 Å². The van der Waals surface area contributed by atoms with Crippen molar-refractivity contribution in [3.05, 3.63) is 82.8 Å². The summed E-state index contributed by atoms with van der Waals surface area (Å²) in [4.78, 5) is 25.4.